The second-order valence-corrected chi connectivity index (χ2v) is 6.91. The molecule has 1 N–H and O–H groups in total. The molecule has 0 saturated carbocycles. The summed E-state index contributed by atoms with van der Waals surface area (Å²) in [4.78, 5) is 2.61. The fraction of sp³-hybridized carbons (Fsp3) is 0.333. The normalized spacial score (nSPS) is 12.7. The fourth-order valence-corrected chi connectivity index (χ4v) is 4.27. The maximum atomic E-state index is 6.23. The maximum absolute atomic E-state index is 6.23. The van der Waals surface area contributed by atoms with Gasteiger partial charge in [-0.3, -0.25) is 0 Å². The molecule has 2 aromatic rings. The molecule has 0 saturated heterocycles. The number of halogens is 2. The monoisotopic (exact) mass is 357 g/mol. The van der Waals surface area contributed by atoms with E-state index in [-0.39, 0.29) is 0 Å². The minimum Gasteiger partial charge on any atom is -0.312 e. The summed E-state index contributed by atoms with van der Waals surface area (Å²) in [5.74, 6) is 0. The van der Waals surface area contributed by atoms with Crippen LogP contribution < -0.4 is 5.32 Å². The molecule has 1 heterocycles. The smallest absolute Gasteiger partial charge is 0.0442 e. The Morgan fingerprint density at radius 2 is 2.11 bits per heavy atom. The third kappa shape index (κ3) is 3.22. The van der Waals surface area contributed by atoms with Crippen LogP contribution in [-0.2, 0) is 0 Å². The van der Waals surface area contributed by atoms with Crippen LogP contribution in [0.25, 0.3) is 10.4 Å². The zero-order valence-electron chi connectivity index (χ0n) is 11.3. The lowest BCUT2D eigenvalue weighted by Gasteiger charge is -2.11. The summed E-state index contributed by atoms with van der Waals surface area (Å²) in [5.41, 5.74) is 2.26. The predicted molar refractivity (Wildman–Crippen MR) is 89.3 cm³/mol. The van der Waals surface area contributed by atoms with Crippen LogP contribution in [-0.4, -0.2) is 7.05 Å². The molecule has 1 aromatic carbocycles. The van der Waals surface area contributed by atoms with E-state index in [9.17, 15) is 0 Å². The van der Waals surface area contributed by atoms with Crippen LogP contribution in [0.15, 0.2) is 28.7 Å². The fourth-order valence-electron chi connectivity index (χ4n) is 2.07. The van der Waals surface area contributed by atoms with Crippen molar-refractivity contribution in [3.63, 3.8) is 0 Å². The van der Waals surface area contributed by atoms with Gasteiger partial charge in [-0.1, -0.05) is 34.5 Å². The lowest BCUT2D eigenvalue weighted by Crippen LogP contribution is -2.13. The quantitative estimate of drug-likeness (QED) is 0.727. The van der Waals surface area contributed by atoms with E-state index < -0.39 is 0 Å². The van der Waals surface area contributed by atoms with Gasteiger partial charge in [-0.2, -0.15) is 0 Å². The third-order valence-electron chi connectivity index (χ3n) is 3.24. The zero-order chi connectivity index (χ0) is 14.0. The first-order valence-electron chi connectivity index (χ1n) is 6.29. The van der Waals surface area contributed by atoms with Crippen LogP contribution in [0, 0.1) is 6.92 Å². The first-order chi connectivity index (χ1) is 9.06. The average Bonchev–Trinajstić information content (AvgIpc) is 2.85. The second kappa shape index (κ2) is 6.40. The number of benzene rings is 1. The molecule has 1 atom stereocenters. The van der Waals surface area contributed by atoms with Crippen LogP contribution in [0.1, 0.15) is 29.8 Å². The highest BCUT2D eigenvalue weighted by Gasteiger charge is 2.13. The highest BCUT2D eigenvalue weighted by atomic mass is 79.9. The highest BCUT2D eigenvalue weighted by molar-refractivity contribution is 9.10. The van der Waals surface area contributed by atoms with Gasteiger partial charge in [0.1, 0.15) is 0 Å². The summed E-state index contributed by atoms with van der Waals surface area (Å²) >= 11 is 11.7. The molecule has 102 valence electrons. The van der Waals surface area contributed by atoms with Crippen LogP contribution in [0.5, 0.6) is 0 Å². The molecule has 0 radical (unpaired) electrons. The molecule has 0 spiro atoms. The van der Waals surface area contributed by atoms with Crippen molar-refractivity contribution in [2.75, 3.05) is 7.05 Å². The highest BCUT2D eigenvalue weighted by Crippen LogP contribution is 2.38. The van der Waals surface area contributed by atoms with Gasteiger partial charge in [0, 0.05) is 30.9 Å². The van der Waals surface area contributed by atoms with Gasteiger partial charge in [-0.15, -0.1) is 11.3 Å². The maximum Gasteiger partial charge on any atom is 0.0442 e. The molecule has 1 unspecified atom stereocenters. The van der Waals surface area contributed by atoms with Crippen molar-refractivity contribution in [2.24, 2.45) is 0 Å². The Bertz CT molecular complexity index is 576. The van der Waals surface area contributed by atoms with Crippen molar-refractivity contribution in [2.45, 2.75) is 26.3 Å². The summed E-state index contributed by atoms with van der Waals surface area (Å²) in [6, 6.07) is 8.92. The molecule has 0 aliphatic heterocycles. The van der Waals surface area contributed by atoms with Gasteiger partial charge >= 0.3 is 0 Å². The molecule has 0 aliphatic carbocycles. The van der Waals surface area contributed by atoms with Crippen molar-refractivity contribution in [1.29, 1.82) is 0 Å². The first-order valence-corrected chi connectivity index (χ1v) is 8.28. The Kier molecular flexibility index (Phi) is 5.07. The van der Waals surface area contributed by atoms with Gasteiger partial charge in [-0.05, 0) is 50.2 Å². The van der Waals surface area contributed by atoms with E-state index in [1.807, 2.05) is 31.4 Å². The van der Waals surface area contributed by atoms with Crippen molar-refractivity contribution in [3.05, 3.63) is 44.2 Å². The molecule has 2 rings (SSSR count). The summed E-state index contributed by atoms with van der Waals surface area (Å²) in [7, 11) is 2.01. The summed E-state index contributed by atoms with van der Waals surface area (Å²) in [6.45, 7) is 4.21. The van der Waals surface area contributed by atoms with Crippen molar-refractivity contribution in [3.8, 4) is 10.4 Å². The van der Waals surface area contributed by atoms with Gasteiger partial charge in [0.2, 0.25) is 0 Å². The SMILES string of the molecule is CCC(NC)c1ccc(-c2cc(Cl)c(C)cc2Br)s1. The lowest BCUT2D eigenvalue weighted by molar-refractivity contribution is 0.586. The number of rotatable bonds is 4. The van der Waals surface area contributed by atoms with Crippen LogP contribution in [0.4, 0.5) is 0 Å². The molecule has 0 aliphatic rings. The van der Waals surface area contributed by atoms with Crippen molar-refractivity contribution < 1.29 is 0 Å². The number of thiophene rings is 1. The number of hydrogen-bond donors (Lipinski definition) is 1. The Balaban J connectivity index is 2.40. The lowest BCUT2D eigenvalue weighted by atomic mass is 10.1. The van der Waals surface area contributed by atoms with E-state index >= 15 is 0 Å². The summed E-state index contributed by atoms with van der Waals surface area (Å²) in [6.07, 6.45) is 1.09. The summed E-state index contributed by atoms with van der Waals surface area (Å²) in [5, 5.41) is 4.15. The second-order valence-electron chi connectivity index (χ2n) is 4.53. The van der Waals surface area contributed by atoms with E-state index in [0.29, 0.717) is 6.04 Å². The number of hydrogen-bond acceptors (Lipinski definition) is 2. The van der Waals surface area contributed by atoms with Crippen molar-refractivity contribution in [1.82, 2.24) is 5.32 Å². The van der Waals surface area contributed by atoms with Gasteiger partial charge < -0.3 is 5.32 Å². The standard InChI is InChI=1S/C15H17BrClNS/c1-4-13(18-3)15-6-5-14(19-15)10-8-12(17)9(2)7-11(10)16/h5-8,13,18H,4H2,1-3H3. The number of aryl methyl sites for hydroxylation is 1. The molecule has 0 bridgehead atoms. The Morgan fingerprint density at radius 3 is 2.74 bits per heavy atom. The Morgan fingerprint density at radius 1 is 1.37 bits per heavy atom. The molecule has 19 heavy (non-hydrogen) atoms. The van der Waals surface area contributed by atoms with Crippen LogP contribution in [0.3, 0.4) is 0 Å². The van der Waals surface area contributed by atoms with E-state index in [4.69, 9.17) is 11.6 Å². The minimum atomic E-state index is 0.429. The zero-order valence-corrected chi connectivity index (χ0v) is 14.4. The van der Waals surface area contributed by atoms with E-state index in [0.717, 1.165) is 27.0 Å². The van der Waals surface area contributed by atoms with Gasteiger partial charge in [0.15, 0.2) is 0 Å². The largest absolute Gasteiger partial charge is 0.312 e. The summed E-state index contributed by atoms with van der Waals surface area (Å²) < 4.78 is 1.10. The Hall–Kier alpha value is -0.350. The molecule has 4 heteroatoms. The van der Waals surface area contributed by atoms with E-state index in [1.165, 1.54) is 9.75 Å². The third-order valence-corrected chi connectivity index (χ3v) is 5.54. The topological polar surface area (TPSA) is 12.0 Å². The van der Waals surface area contributed by atoms with Crippen LogP contribution >= 0.6 is 38.9 Å². The van der Waals surface area contributed by atoms with E-state index in [2.05, 4.69) is 46.4 Å². The molecule has 0 amide bonds. The average molecular weight is 359 g/mol. The molecule has 1 aromatic heterocycles. The van der Waals surface area contributed by atoms with Gasteiger partial charge in [0.25, 0.3) is 0 Å². The number of nitrogens with one attached hydrogen (secondary N) is 1. The van der Waals surface area contributed by atoms with Gasteiger partial charge in [0.05, 0.1) is 0 Å². The van der Waals surface area contributed by atoms with Crippen LogP contribution in [0.2, 0.25) is 5.02 Å². The molecular formula is C15H17BrClNS. The van der Waals surface area contributed by atoms with Gasteiger partial charge in [-0.25, -0.2) is 0 Å². The minimum absolute atomic E-state index is 0.429. The van der Waals surface area contributed by atoms with E-state index in [1.54, 1.807) is 0 Å². The molecular weight excluding hydrogens is 342 g/mol. The predicted octanol–water partition coefficient (Wildman–Crippen LogP) is 5.81. The first kappa shape index (κ1) is 15.0. The molecule has 1 nitrogen and oxygen atoms in total. The van der Waals surface area contributed by atoms with Crippen molar-refractivity contribution >= 4 is 38.9 Å². The molecule has 0 fully saturated rings. The Labute approximate surface area is 132 Å².